The summed E-state index contributed by atoms with van der Waals surface area (Å²) in [5.74, 6) is 0.134. The number of aliphatic hydroxyl groups excluding tert-OH is 1. The summed E-state index contributed by atoms with van der Waals surface area (Å²) in [5, 5.41) is 9.23. The predicted octanol–water partition coefficient (Wildman–Crippen LogP) is 2.49. The number of anilines is 1. The fraction of sp³-hybridized carbons (Fsp3) is 0.462. The van der Waals surface area contributed by atoms with Gasteiger partial charge >= 0.3 is 0 Å². The van der Waals surface area contributed by atoms with E-state index in [0.29, 0.717) is 6.42 Å². The Balaban J connectivity index is 2.33. The summed E-state index contributed by atoms with van der Waals surface area (Å²) in [6.45, 7) is 4.07. The molecule has 1 amide bonds. The summed E-state index contributed by atoms with van der Waals surface area (Å²) >= 11 is 3.48. The second kappa shape index (κ2) is 4.78. The molecule has 92 valence electrons. The third-order valence-corrected chi connectivity index (χ3v) is 4.32. The van der Waals surface area contributed by atoms with Crippen molar-refractivity contribution in [1.82, 2.24) is 0 Å². The molecule has 2 rings (SSSR count). The largest absolute Gasteiger partial charge is 0.396 e. The maximum Gasteiger partial charge on any atom is 0.227 e. The number of rotatable bonds is 2. The van der Waals surface area contributed by atoms with Crippen molar-refractivity contribution >= 4 is 27.5 Å². The Hall–Kier alpha value is -0.870. The van der Waals surface area contributed by atoms with Gasteiger partial charge in [-0.1, -0.05) is 22.0 Å². The van der Waals surface area contributed by atoms with Gasteiger partial charge in [0.15, 0.2) is 0 Å². The lowest BCUT2D eigenvalue weighted by atomic mass is 10.0. The monoisotopic (exact) mass is 297 g/mol. The zero-order valence-corrected chi connectivity index (χ0v) is 11.6. The van der Waals surface area contributed by atoms with Gasteiger partial charge in [-0.3, -0.25) is 4.79 Å². The van der Waals surface area contributed by atoms with Crippen molar-refractivity contribution in [2.24, 2.45) is 5.92 Å². The summed E-state index contributed by atoms with van der Waals surface area (Å²) in [7, 11) is 0. The van der Waals surface area contributed by atoms with Crippen LogP contribution in [0, 0.1) is 12.8 Å². The average Bonchev–Trinajstić information content (AvgIpc) is 2.58. The highest BCUT2D eigenvalue weighted by Crippen LogP contribution is 2.32. The van der Waals surface area contributed by atoms with Crippen molar-refractivity contribution in [3.63, 3.8) is 0 Å². The Morgan fingerprint density at radius 1 is 1.53 bits per heavy atom. The SMILES string of the molecule is Cc1ccc(N2C(=O)CC(CO)C2C)cc1Br. The van der Waals surface area contributed by atoms with Crippen LogP contribution in [0.5, 0.6) is 0 Å². The minimum atomic E-state index is 0.0441. The molecule has 0 spiro atoms. The van der Waals surface area contributed by atoms with E-state index in [-0.39, 0.29) is 24.5 Å². The molecule has 3 nitrogen and oxygen atoms in total. The van der Waals surface area contributed by atoms with E-state index in [9.17, 15) is 9.90 Å². The normalized spacial score (nSPS) is 24.5. The Morgan fingerprint density at radius 3 is 2.76 bits per heavy atom. The van der Waals surface area contributed by atoms with Crippen LogP contribution in [0.15, 0.2) is 22.7 Å². The van der Waals surface area contributed by atoms with Gasteiger partial charge < -0.3 is 10.0 Å². The number of hydrogen-bond acceptors (Lipinski definition) is 2. The standard InChI is InChI=1S/C13H16BrNO2/c1-8-3-4-11(6-12(8)14)15-9(2)10(7-16)5-13(15)17/h3-4,6,9-10,16H,5,7H2,1-2H3. The topological polar surface area (TPSA) is 40.5 Å². The lowest BCUT2D eigenvalue weighted by Crippen LogP contribution is -2.33. The number of hydrogen-bond donors (Lipinski definition) is 1. The van der Waals surface area contributed by atoms with Crippen molar-refractivity contribution in [3.05, 3.63) is 28.2 Å². The summed E-state index contributed by atoms with van der Waals surface area (Å²) in [5.41, 5.74) is 2.04. The first-order chi connectivity index (χ1) is 8.04. The van der Waals surface area contributed by atoms with E-state index in [0.717, 1.165) is 15.7 Å². The van der Waals surface area contributed by atoms with E-state index in [2.05, 4.69) is 15.9 Å². The summed E-state index contributed by atoms with van der Waals surface area (Å²) in [6, 6.07) is 5.96. The summed E-state index contributed by atoms with van der Waals surface area (Å²) < 4.78 is 1.00. The molecule has 17 heavy (non-hydrogen) atoms. The number of aryl methyl sites for hydroxylation is 1. The molecule has 4 heteroatoms. The molecule has 1 N–H and O–H groups in total. The molecule has 2 atom stereocenters. The molecular formula is C13H16BrNO2. The van der Waals surface area contributed by atoms with E-state index in [4.69, 9.17) is 0 Å². The van der Waals surface area contributed by atoms with Crippen molar-refractivity contribution in [1.29, 1.82) is 0 Å². The van der Waals surface area contributed by atoms with Crippen LogP contribution in [0.4, 0.5) is 5.69 Å². The van der Waals surface area contributed by atoms with Gasteiger partial charge in [-0.15, -0.1) is 0 Å². The maximum absolute atomic E-state index is 12.0. The van der Waals surface area contributed by atoms with Gasteiger partial charge in [0.05, 0.1) is 0 Å². The van der Waals surface area contributed by atoms with Crippen LogP contribution in [-0.2, 0) is 4.79 Å². The van der Waals surface area contributed by atoms with Crippen LogP contribution < -0.4 is 4.90 Å². The van der Waals surface area contributed by atoms with Crippen LogP contribution in [0.3, 0.4) is 0 Å². The van der Waals surface area contributed by atoms with Crippen LogP contribution in [0.2, 0.25) is 0 Å². The van der Waals surface area contributed by atoms with Gasteiger partial charge in [0.25, 0.3) is 0 Å². The summed E-state index contributed by atoms with van der Waals surface area (Å²) in [6.07, 6.45) is 0.434. The van der Waals surface area contributed by atoms with Crippen LogP contribution >= 0.6 is 15.9 Å². The number of nitrogens with zero attached hydrogens (tertiary/aromatic N) is 1. The Morgan fingerprint density at radius 2 is 2.24 bits per heavy atom. The van der Waals surface area contributed by atoms with Gasteiger partial charge in [0.1, 0.15) is 0 Å². The third kappa shape index (κ3) is 2.24. The first kappa shape index (κ1) is 12.6. The molecule has 1 aromatic rings. The molecule has 0 aliphatic carbocycles. The minimum absolute atomic E-state index is 0.0441. The maximum atomic E-state index is 12.0. The highest BCUT2D eigenvalue weighted by Gasteiger charge is 2.37. The number of halogens is 1. The smallest absolute Gasteiger partial charge is 0.227 e. The Bertz CT molecular complexity index is 447. The number of aliphatic hydroxyl groups is 1. The fourth-order valence-corrected chi connectivity index (χ4v) is 2.63. The van der Waals surface area contributed by atoms with Crippen molar-refractivity contribution < 1.29 is 9.90 Å². The number of carbonyl (C=O) groups is 1. The van der Waals surface area contributed by atoms with E-state index in [1.165, 1.54) is 0 Å². The molecule has 1 fully saturated rings. The molecule has 0 saturated carbocycles. The molecular weight excluding hydrogens is 282 g/mol. The zero-order chi connectivity index (χ0) is 12.6. The van der Waals surface area contributed by atoms with Crippen LogP contribution in [0.1, 0.15) is 18.9 Å². The quantitative estimate of drug-likeness (QED) is 0.911. The molecule has 2 unspecified atom stereocenters. The first-order valence-corrected chi connectivity index (χ1v) is 6.53. The molecule has 1 aromatic carbocycles. The van der Waals surface area contributed by atoms with E-state index in [1.807, 2.05) is 32.0 Å². The van der Waals surface area contributed by atoms with Crippen molar-refractivity contribution in [2.45, 2.75) is 26.3 Å². The molecule has 1 aliphatic heterocycles. The Kier molecular flexibility index (Phi) is 3.54. The van der Waals surface area contributed by atoms with Gasteiger partial charge in [0, 0.05) is 35.1 Å². The molecule has 0 bridgehead atoms. The molecule has 0 aromatic heterocycles. The zero-order valence-electron chi connectivity index (χ0n) is 9.98. The minimum Gasteiger partial charge on any atom is -0.396 e. The Labute approximate surface area is 110 Å². The van der Waals surface area contributed by atoms with Gasteiger partial charge in [0.2, 0.25) is 5.91 Å². The van der Waals surface area contributed by atoms with Gasteiger partial charge in [-0.05, 0) is 31.5 Å². The number of benzene rings is 1. The van der Waals surface area contributed by atoms with Crippen molar-refractivity contribution in [2.75, 3.05) is 11.5 Å². The summed E-state index contributed by atoms with van der Waals surface area (Å²) in [4.78, 5) is 13.7. The van der Waals surface area contributed by atoms with E-state index < -0.39 is 0 Å². The van der Waals surface area contributed by atoms with Gasteiger partial charge in [-0.2, -0.15) is 0 Å². The van der Waals surface area contributed by atoms with Gasteiger partial charge in [-0.25, -0.2) is 0 Å². The van der Waals surface area contributed by atoms with E-state index in [1.54, 1.807) is 4.90 Å². The molecule has 0 radical (unpaired) electrons. The first-order valence-electron chi connectivity index (χ1n) is 5.73. The average molecular weight is 298 g/mol. The molecule has 1 saturated heterocycles. The number of amides is 1. The lowest BCUT2D eigenvalue weighted by Gasteiger charge is -2.24. The van der Waals surface area contributed by atoms with Crippen molar-refractivity contribution in [3.8, 4) is 0 Å². The highest BCUT2D eigenvalue weighted by molar-refractivity contribution is 9.10. The van der Waals surface area contributed by atoms with E-state index >= 15 is 0 Å². The van der Waals surface area contributed by atoms with Crippen LogP contribution in [-0.4, -0.2) is 23.7 Å². The second-order valence-corrected chi connectivity index (χ2v) is 5.44. The lowest BCUT2D eigenvalue weighted by molar-refractivity contribution is -0.117. The second-order valence-electron chi connectivity index (χ2n) is 4.58. The molecule has 1 aliphatic rings. The highest BCUT2D eigenvalue weighted by atomic mass is 79.9. The number of carbonyl (C=O) groups excluding carboxylic acids is 1. The molecule has 1 heterocycles. The van der Waals surface area contributed by atoms with Crippen LogP contribution in [0.25, 0.3) is 0 Å². The fourth-order valence-electron chi connectivity index (χ4n) is 2.26. The predicted molar refractivity (Wildman–Crippen MR) is 71.0 cm³/mol. The third-order valence-electron chi connectivity index (χ3n) is 3.46.